The summed E-state index contributed by atoms with van der Waals surface area (Å²) in [4.78, 5) is 58.0. The van der Waals surface area contributed by atoms with E-state index in [-0.39, 0.29) is 48.5 Å². The summed E-state index contributed by atoms with van der Waals surface area (Å²) in [5.41, 5.74) is 9.90. The molecule has 3 amide bonds. The smallest absolute Gasteiger partial charge is 0.293 e. The Balaban J connectivity index is 1.43. The van der Waals surface area contributed by atoms with Gasteiger partial charge in [0.2, 0.25) is 11.8 Å². The first kappa shape index (κ1) is 42.3. The molecule has 2 aromatic heterocycles. The summed E-state index contributed by atoms with van der Waals surface area (Å²) in [5.74, 6) is -0.826. The van der Waals surface area contributed by atoms with E-state index in [1.165, 1.54) is 6.92 Å². The Hall–Kier alpha value is -5.27. The molecule has 13 nitrogen and oxygen atoms in total. The van der Waals surface area contributed by atoms with E-state index in [2.05, 4.69) is 54.3 Å². The molecule has 0 saturated carbocycles. The van der Waals surface area contributed by atoms with E-state index in [0.29, 0.717) is 51.1 Å². The molecule has 2 aliphatic heterocycles. The normalized spacial score (nSPS) is 18.3. The number of aromatic hydroxyl groups is 1. The van der Waals surface area contributed by atoms with E-state index < -0.39 is 17.5 Å². The molecule has 3 N–H and O–H groups in total. The number of likely N-dealkylation sites (tertiary alicyclic amines) is 1. The third kappa shape index (κ3) is 9.05. The molecule has 0 aliphatic carbocycles. The van der Waals surface area contributed by atoms with Crippen LogP contribution < -0.4 is 10.7 Å². The van der Waals surface area contributed by atoms with Gasteiger partial charge in [-0.25, -0.2) is 5.43 Å². The summed E-state index contributed by atoms with van der Waals surface area (Å²) in [6, 6.07) is 13.9. The fraction of sp³-hybridized carbons (Fsp3) is 0.489. The van der Waals surface area contributed by atoms with Crippen molar-refractivity contribution in [1.82, 2.24) is 30.2 Å². The van der Waals surface area contributed by atoms with E-state index in [1.54, 1.807) is 35.3 Å². The van der Waals surface area contributed by atoms with Gasteiger partial charge in [-0.3, -0.25) is 29.2 Å². The van der Waals surface area contributed by atoms with Crippen molar-refractivity contribution in [1.29, 1.82) is 0 Å². The number of phenols is 1. The number of hydrogen-bond donors (Lipinski definition) is 3. The Bertz CT molecular complexity index is 2140. The van der Waals surface area contributed by atoms with Crippen LogP contribution in [0.25, 0.3) is 33.3 Å². The summed E-state index contributed by atoms with van der Waals surface area (Å²) < 4.78 is 13.3. The van der Waals surface area contributed by atoms with Crippen LogP contribution in [-0.2, 0) is 48.0 Å². The highest BCUT2D eigenvalue weighted by atomic mass is 16.5. The lowest BCUT2D eigenvalue weighted by Crippen LogP contribution is -2.58. The summed E-state index contributed by atoms with van der Waals surface area (Å²) in [6.07, 6.45) is 4.71. The van der Waals surface area contributed by atoms with Crippen molar-refractivity contribution in [3.05, 3.63) is 71.5 Å². The van der Waals surface area contributed by atoms with Gasteiger partial charge in [-0.05, 0) is 104 Å². The van der Waals surface area contributed by atoms with Crippen LogP contribution in [0.5, 0.6) is 5.75 Å². The maximum Gasteiger partial charge on any atom is 0.293 e. The lowest BCUT2D eigenvalue weighted by molar-refractivity contribution is -0.142. The molecular weight excluding hydrogens is 737 g/mol. The number of amides is 3. The van der Waals surface area contributed by atoms with Gasteiger partial charge in [0.25, 0.3) is 12.4 Å². The molecule has 0 bridgehead atoms. The molecule has 4 unspecified atom stereocenters. The van der Waals surface area contributed by atoms with Crippen LogP contribution >= 0.6 is 0 Å². The molecule has 58 heavy (non-hydrogen) atoms. The van der Waals surface area contributed by atoms with E-state index in [9.17, 15) is 24.3 Å². The first-order chi connectivity index (χ1) is 27.8. The van der Waals surface area contributed by atoms with Crippen LogP contribution in [0, 0.1) is 11.3 Å². The van der Waals surface area contributed by atoms with Gasteiger partial charge in [-0.15, -0.1) is 0 Å². The fourth-order valence-electron chi connectivity index (χ4n) is 8.68. The number of methoxy groups -OCH3 is 1. The zero-order valence-electron chi connectivity index (χ0n) is 34.8. The molecule has 310 valence electrons. The van der Waals surface area contributed by atoms with Gasteiger partial charge in [0.1, 0.15) is 17.8 Å². The number of aromatic nitrogens is 2. The highest BCUT2D eigenvalue weighted by Gasteiger charge is 2.40. The quantitative estimate of drug-likeness (QED) is 0.124. The minimum Gasteiger partial charge on any atom is -0.508 e. The van der Waals surface area contributed by atoms with Crippen LogP contribution in [0.15, 0.2) is 54.7 Å². The number of ether oxygens (including phenoxy) is 2. The first-order valence-corrected chi connectivity index (χ1v) is 20.4. The number of aryl methyl sites for hydroxylation is 1. The Morgan fingerprint density at radius 1 is 1.10 bits per heavy atom. The lowest BCUT2D eigenvalue weighted by atomic mass is 9.84. The highest BCUT2D eigenvalue weighted by molar-refractivity contribution is 5.96. The molecule has 13 heteroatoms. The number of carbonyl (C=O) groups is 4. The zero-order chi connectivity index (χ0) is 41.7. The molecule has 6 rings (SSSR count). The highest BCUT2D eigenvalue weighted by Crippen LogP contribution is 2.42. The summed E-state index contributed by atoms with van der Waals surface area (Å²) >= 11 is 0. The van der Waals surface area contributed by atoms with Gasteiger partial charge >= 0.3 is 0 Å². The van der Waals surface area contributed by atoms with E-state index >= 15 is 0 Å². The molecule has 4 heterocycles. The molecule has 0 radical (unpaired) electrons. The second-order valence-corrected chi connectivity index (χ2v) is 16.5. The average Bonchev–Trinajstić information content (AvgIpc) is 3.76. The maximum absolute atomic E-state index is 14.1. The number of carbonyl (C=O) groups excluding carboxylic acids is 4. The molecule has 2 saturated heterocycles. The number of pyridine rings is 1. The van der Waals surface area contributed by atoms with Gasteiger partial charge in [-0.2, -0.15) is 0 Å². The van der Waals surface area contributed by atoms with Crippen molar-refractivity contribution in [3.63, 3.8) is 0 Å². The zero-order valence-corrected chi connectivity index (χ0v) is 34.8. The molecule has 4 atom stereocenters. The summed E-state index contributed by atoms with van der Waals surface area (Å²) in [7, 11) is 1.67. The number of nitrogens with one attached hydrogen (secondary N) is 2. The van der Waals surface area contributed by atoms with Crippen LogP contribution in [0.2, 0.25) is 0 Å². The maximum atomic E-state index is 14.1. The molecule has 2 fully saturated rings. The number of benzene rings is 2. The van der Waals surface area contributed by atoms with Crippen molar-refractivity contribution >= 4 is 35.1 Å². The Morgan fingerprint density at radius 3 is 2.59 bits per heavy atom. The van der Waals surface area contributed by atoms with Crippen molar-refractivity contribution in [3.8, 4) is 28.1 Å². The van der Waals surface area contributed by atoms with Crippen molar-refractivity contribution < 1.29 is 33.8 Å². The monoisotopic (exact) mass is 794 g/mol. The van der Waals surface area contributed by atoms with Crippen molar-refractivity contribution in [2.45, 2.75) is 98.4 Å². The summed E-state index contributed by atoms with van der Waals surface area (Å²) in [5, 5.41) is 16.8. The van der Waals surface area contributed by atoms with Gasteiger partial charge in [0.15, 0.2) is 0 Å². The largest absolute Gasteiger partial charge is 0.508 e. The minimum atomic E-state index is -0.941. The number of rotatable bonds is 15. The fourth-order valence-corrected chi connectivity index (χ4v) is 8.68. The molecular formula is C45H58N6O7. The molecule has 2 aliphatic rings. The second kappa shape index (κ2) is 18.1. The Morgan fingerprint density at radius 2 is 1.90 bits per heavy atom. The van der Waals surface area contributed by atoms with Gasteiger partial charge in [-0.1, -0.05) is 32.9 Å². The Labute approximate surface area is 341 Å². The van der Waals surface area contributed by atoms with Gasteiger partial charge < -0.3 is 29.4 Å². The number of hydrogen-bond acceptors (Lipinski definition) is 9. The lowest BCUT2D eigenvalue weighted by Gasteiger charge is -2.33. The predicted molar refractivity (Wildman–Crippen MR) is 222 cm³/mol. The Kier molecular flexibility index (Phi) is 13.2. The topological polar surface area (TPSA) is 155 Å². The minimum absolute atomic E-state index is 0.0288. The molecule has 0 spiro atoms. The predicted octanol–water partition coefficient (Wildman–Crippen LogP) is 5.96. The standard InChI is InChI=1S/C45H58N6O7/c1-8-49-39-14-13-32(24-36(39)37(25-45(5,6)26-58-27-52)42(49)35-12-11-16-46-40(35)29(3)57-7)33-20-31(21-34(54)23-33)22-38(44(56)51-18-10-9-17-47-51)48-43(55)41-28(2)15-19-50(41)30(4)53/h11-14,16,20-21,23-24,27-29,38,41,47,54H,8-10,15,17-19,22,25-26H2,1-7H3,(H,48,55). The van der Waals surface area contributed by atoms with Crippen LogP contribution in [0.1, 0.15) is 83.7 Å². The molecule has 2 aromatic carbocycles. The van der Waals surface area contributed by atoms with Crippen molar-refractivity contribution in [2.75, 3.05) is 33.4 Å². The number of phenolic OH excluding ortho intramolecular Hbond substituents is 1. The van der Waals surface area contributed by atoms with Crippen LogP contribution in [-0.4, -0.2) is 94.2 Å². The van der Waals surface area contributed by atoms with Crippen LogP contribution in [0.3, 0.4) is 0 Å². The number of fused-ring (bicyclic) bond motifs is 1. The summed E-state index contributed by atoms with van der Waals surface area (Å²) in [6.45, 7) is 14.7. The molecule has 4 aromatic rings. The SMILES string of the molecule is CCn1c(-c2cccnc2C(C)OC)c(CC(C)(C)COC=O)c2cc(-c3cc(O)cc(CC(NC(=O)C4C(C)CCN4C(C)=O)C(=O)N4CCCCN4)c3)ccc21. The van der Waals surface area contributed by atoms with Crippen LogP contribution in [0.4, 0.5) is 0 Å². The third-order valence-corrected chi connectivity index (χ3v) is 11.6. The van der Waals surface area contributed by atoms with E-state index in [4.69, 9.17) is 14.5 Å². The van der Waals surface area contributed by atoms with E-state index in [0.717, 1.165) is 57.4 Å². The van der Waals surface area contributed by atoms with Gasteiger partial charge in [0.05, 0.1) is 24.1 Å². The van der Waals surface area contributed by atoms with Crippen molar-refractivity contribution in [2.24, 2.45) is 11.3 Å². The third-order valence-electron chi connectivity index (χ3n) is 11.6. The second-order valence-electron chi connectivity index (χ2n) is 16.5. The first-order valence-electron chi connectivity index (χ1n) is 20.4. The number of nitrogens with zero attached hydrogens (tertiary/aromatic N) is 4. The van der Waals surface area contributed by atoms with E-state index in [1.807, 2.05) is 32.0 Å². The average molecular weight is 795 g/mol. The number of hydrazine groups is 1. The van der Waals surface area contributed by atoms with Gasteiger partial charge in [0, 0.05) is 74.7 Å².